The van der Waals surface area contributed by atoms with Gasteiger partial charge in [-0.3, -0.25) is 9.80 Å². The number of hydrogen-bond acceptors (Lipinski definition) is 8. The van der Waals surface area contributed by atoms with E-state index in [2.05, 4.69) is 24.9 Å². The van der Waals surface area contributed by atoms with Gasteiger partial charge in [-0.2, -0.15) is 0 Å². The van der Waals surface area contributed by atoms with Crippen molar-refractivity contribution in [1.82, 2.24) is 39.7 Å². The molecule has 0 radical (unpaired) electrons. The van der Waals surface area contributed by atoms with Gasteiger partial charge in [-0.15, -0.1) is 0 Å². The highest BCUT2D eigenvalue weighted by molar-refractivity contribution is 5.82. The number of aromatic amines is 2. The summed E-state index contributed by atoms with van der Waals surface area (Å²) >= 11 is 0. The predicted molar refractivity (Wildman–Crippen MR) is 200 cm³/mol. The first-order valence-electron chi connectivity index (χ1n) is 18.1. The predicted octanol–water partition coefficient (Wildman–Crippen LogP) is 8.62. The van der Waals surface area contributed by atoms with Gasteiger partial charge in [0, 0.05) is 36.6 Å². The topological polar surface area (TPSA) is 142 Å². The van der Waals surface area contributed by atoms with E-state index >= 15 is 0 Å². The van der Waals surface area contributed by atoms with E-state index in [-0.39, 0.29) is 30.9 Å². The average Bonchev–Trinajstić information content (AvgIpc) is 4.00. The Morgan fingerprint density at radius 2 is 1.40 bits per heavy atom. The van der Waals surface area contributed by atoms with E-state index in [4.69, 9.17) is 14.5 Å². The highest BCUT2D eigenvalue weighted by Gasteiger charge is 2.35. The van der Waals surface area contributed by atoms with Crippen LogP contribution in [0.5, 0.6) is 0 Å². The lowest BCUT2D eigenvalue weighted by Crippen LogP contribution is -2.36. The molecule has 0 unspecified atom stereocenters. The number of benzene rings is 3. The maximum Gasteiger partial charge on any atom is 0.410 e. The summed E-state index contributed by atoms with van der Waals surface area (Å²) in [4.78, 5) is 55.1. The molecular formula is C41H42N8O4. The molecule has 2 N–H and O–H groups in total. The molecule has 0 saturated carbocycles. The first kappa shape index (κ1) is 34.1. The molecule has 0 bridgehead atoms. The second kappa shape index (κ2) is 14.2. The van der Waals surface area contributed by atoms with Crippen LogP contribution in [0.1, 0.15) is 75.8 Å². The lowest BCUT2D eigenvalue weighted by molar-refractivity contribution is 0.0218. The Morgan fingerprint density at radius 1 is 0.736 bits per heavy atom. The molecule has 2 aliphatic heterocycles. The van der Waals surface area contributed by atoms with Crippen LogP contribution in [0.25, 0.3) is 44.8 Å². The van der Waals surface area contributed by atoms with Crippen LogP contribution in [0.15, 0.2) is 91.4 Å². The third-order valence-electron chi connectivity index (χ3n) is 9.74. The Hall–Kier alpha value is -6.04. The van der Waals surface area contributed by atoms with Gasteiger partial charge >= 0.3 is 12.2 Å². The normalized spacial score (nSPS) is 17.4. The number of nitrogens with zero attached hydrogens (tertiary/aromatic N) is 6. The van der Waals surface area contributed by atoms with Gasteiger partial charge < -0.3 is 19.4 Å². The van der Waals surface area contributed by atoms with Crippen molar-refractivity contribution in [2.75, 3.05) is 13.1 Å². The fourth-order valence-electron chi connectivity index (χ4n) is 7.10. The highest BCUT2D eigenvalue weighted by atomic mass is 16.6. The van der Waals surface area contributed by atoms with Gasteiger partial charge in [0.2, 0.25) is 0 Å². The zero-order chi connectivity index (χ0) is 36.5. The number of fused-ring (bicyclic) bond motifs is 1. The number of ether oxygens (including phenoxy) is 2. The van der Waals surface area contributed by atoms with Crippen LogP contribution in [0.3, 0.4) is 0 Å². The number of aromatic nitrogens is 6. The third-order valence-corrected chi connectivity index (χ3v) is 9.74. The largest absolute Gasteiger partial charge is 0.445 e. The Kier molecular flexibility index (Phi) is 9.11. The molecule has 5 heterocycles. The summed E-state index contributed by atoms with van der Waals surface area (Å²) < 4.78 is 11.3. The molecule has 2 fully saturated rings. The van der Waals surface area contributed by atoms with Crippen molar-refractivity contribution in [1.29, 1.82) is 0 Å². The van der Waals surface area contributed by atoms with Crippen LogP contribution in [0.4, 0.5) is 9.59 Å². The van der Waals surface area contributed by atoms with Gasteiger partial charge in [-0.25, -0.2) is 29.5 Å². The third kappa shape index (κ3) is 7.35. The molecule has 3 aromatic heterocycles. The summed E-state index contributed by atoms with van der Waals surface area (Å²) in [6.45, 7) is 7.16. The lowest BCUT2D eigenvalue weighted by Gasteiger charge is -2.27. The van der Waals surface area contributed by atoms with Gasteiger partial charge in [0.1, 0.15) is 23.9 Å². The fourth-order valence-corrected chi connectivity index (χ4v) is 7.10. The molecule has 0 aliphatic carbocycles. The number of carbonyl (C=O) groups excluding carboxylic acids is 2. The van der Waals surface area contributed by atoms with E-state index in [1.165, 1.54) is 0 Å². The van der Waals surface area contributed by atoms with Gasteiger partial charge in [-0.05, 0) is 75.3 Å². The summed E-state index contributed by atoms with van der Waals surface area (Å²) in [6.07, 6.45) is 8.27. The lowest BCUT2D eigenvalue weighted by atomic mass is 10.1. The SMILES string of the molecule is CC(C)(C)OC(=O)N1CCC[C@H]1c1nc2cc(-c3cnc(-c4ccc(-c5cnc([C@@H]6CCCN6C(=O)OCc6ccccc6)[nH]5)cc4)nc3)ccc2[nH]1. The summed E-state index contributed by atoms with van der Waals surface area (Å²) in [6, 6.07) is 23.5. The molecule has 53 heavy (non-hydrogen) atoms. The number of imidazole rings is 2. The zero-order valence-corrected chi connectivity index (χ0v) is 30.1. The molecule has 12 nitrogen and oxygen atoms in total. The minimum Gasteiger partial charge on any atom is -0.445 e. The second-order valence-electron chi connectivity index (χ2n) is 14.6. The van der Waals surface area contributed by atoms with Gasteiger partial charge in [0.25, 0.3) is 0 Å². The monoisotopic (exact) mass is 710 g/mol. The minimum atomic E-state index is -0.555. The zero-order valence-electron chi connectivity index (χ0n) is 30.1. The average molecular weight is 711 g/mol. The van der Waals surface area contributed by atoms with E-state index in [9.17, 15) is 9.59 Å². The van der Waals surface area contributed by atoms with Crippen LogP contribution in [0.2, 0.25) is 0 Å². The second-order valence-corrected chi connectivity index (χ2v) is 14.6. The molecule has 2 atom stereocenters. The van der Waals surface area contributed by atoms with Crippen molar-refractivity contribution in [2.45, 2.75) is 70.7 Å². The number of likely N-dealkylation sites (tertiary alicyclic amines) is 2. The smallest absolute Gasteiger partial charge is 0.410 e. The molecule has 2 amide bonds. The molecular weight excluding hydrogens is 669 g/mol. The summed E-state index contributed by atoms with van der Waals surface area (Å²) in [5.74, 6) is 2.14. The summed E-state index contributed by atoms with van der Waals surface area (Å²) in [5.41, 5.74) is 6.69. The molecule has 6 aromatic rings. The molecule has 2 aliphatic rings. The van der Waals surface area contributed by atoms with Crippen LogP contribution in [0, 0.1) is 0 Å². The molecule has 270 valence electrons. The number of hydrogen-bond donors (Lipinski definition) is 2. The number of H-pyrrole nitrogens is 2. The van der Waals surface area contributed by atoms with E-state index in [1.54, 1.807) is 9.80 Å². The van der Waals surface area contributed by atoms with Crippen molar-refractivity contribution in [3.8, 4) is 33.8 Å². The highest BCUT2D eigenvalue weighted by Crippen LogP contribution is 2.35. The quantitative estimate of drug-likeness (QED) is 0.168. The van der Waals surface area contributed by atoms with E-state index < -0.39 is 5.60 Å². The molecule has 0 spiro atoms. The summed E-state index contributed by atoms with van der Waals surface area (Å²) in [5, 5.41) is 0. The van der Waals surface area contributed by atoms with Gasteiger partial charge in [0.05, 0.1) is 35.0 Å². The van der Waals surface area contributed by atoms with Gasteiger partial charge in [-0.1, -0.05) is 60.7 Å². The molecule has 3 aromatic carbocycles. The maximum atomic E-state index is 12.9. The molecule has 8 rings (SSSR count). The van der Waals surface area contributed by atoms with Gasteiger partial charge in [0.15, 0.2) is 5.82 Å². The van der Waals surface area contributed by atoms with Crippen molar-refractivity contribution in [3.63, 3.8) is 0 Å². The number of amides is 2. The fraction of sp³-hybridized carbons (Fsp3) is 0.317. The summed E-state index contributed by atoms with van der Waals surface area (Å²) in [7, 11) is 0. The van der Waals surface area contributed by atoms with Crippen LogP contribution < -0.4 is 0 Å². The molecule has 2 saturated heterocycles. The Balaban J connectivity index is 0.919. The van der Waals surface area contributed by atoms with E-state index in [0.29, 0.717) is 18.9 Å². The van der Waals surface area contributed by atoms with Crippen molar-refractivity contribution < 1.29 is 19.1 Å². The standard InChI is InChI=1S/C41H42N8O4/c1-41(2,3)53-40(51)49-20-8-12-35(49)38-45-31-18-17-29(21-32(31)46-38)30-22-42-36(43-23-30)28-15-13-27(14-16-28)33-24-44-37(47-33)34-11-7-19-48(34)39(50)52-25-26-9-5-4-6-10-26/h4-6,9-10,13-18,21-24,34-35H,7-8,11-12,19-20,25H2,1-3H3,(H,44,47)(H,45,46)/t34-,35-/m0/s1. The van der Waals surface area contributed by atoms with Crippen LogP contribution in [-0.4, -0.2) is 70.6 Å². The number of nitrogens with one attached hydrogen (secondary N) is 2. The Labute approximate surface area is 307 Å². The van der Waals surface area contributed by atoms with E-state index in [0.717, 1.165) is 81.9 Å². The Bertz CT molecular complexity index is 2220. The first-order chi connectivity index (χ1) is 25.7. The van der Waals surface area contributed by atoms with Crippen molar-refractivity contribution in [3.05, 3.63) is 109 Å². The van der Waals surface area contributed by atoms with Crippen LogP contribution >= 0.6 is 0 Å². The van der Waals surface area contributed by atoms with E-state index in [1.807, 2.05) is 112 Å². The molecule has 12 heteroatoms. The number of rotatable bonds is 7. The number of carbonyl (C=O) groups is 2. The van der Waals surface area contributed by atoms with Crippen LogP contribution in [-0.2, 0) is 16.1 Å². The van der Waals surface area contributed by atoms with Crippen molar-refractivity contribution in [2.24, 2.45) is 0 Å². The van der Waals surface area contributed by atoms with Crippen molar-refractivity contribution >= 4 is 23.2 Å². The minimum absolute atomic E-state index is 0.149. The first-order valence-corrected chi connectivity index (χ1v) is 18.1. The Morgan fingerprint density at radius 3 is 2.11 bits per heavy atom. The maximum absolute atomic E-state index is 12.9.